The minimum atomic E-state index is -1.09. The average Bonchev–Trinajstić information content (AvgIpc) is 2.77. The molecule has 0 saturated carbocycles. The summed E-state index contributed by atoms with van der Waals surface area (Å²) in [6.45, 7) is 6.77. The van der Waals surface area contributed by atoms with Crippen molar-refractivity contribution in [1.29, 1.82) is 0 Å². The van der Waals surface area contributed by atoms with Crippen molar-refractivity contribution in [3.8, 4) is 0 Å². The van der Waals surface area contributed by atoms with E-state index in [1.807, 2.05) is 18.2 Å². The van der Waals surface area contributed by atoms with Crippen molar-refractivity contribution in [3.63, 3.8) is 0 Å². The van der Waals surface area contributed by atoms with Gasteiger partial charge in [0.1, 0.15) is 0 Å². The van der Waals surface area contributed by atoms with Gasteiger partial charge in [-0.15, -0.1) is 0 Å². The van der Waals surface area contributed by atoms with Crippen molar-refractivity contribution >= 4 is 23.7 Å². The van der Waals surface area contributed by atoms with Gasteiger partial charge in [0, 0.05) is 50.3 Å². The minimum absolute atomic E-state index is 0.0529. The van der Waals surface area contributed by atoms with Gasteiger partial charge in [-0.25, -0.2) is 9.59 Å². The Morgan fingerprint density at radius 2 is 2.12 bits per heavy atom. The smallest absolute Gasteiger partial charge is 0.404 e. The number of carboxylic acid groups (broad SMARTS) is 1. The van der Waals surface area contributed by atoms with Gasteiger partial charge in [0.25, 0.3) is 0 Å². The second-order valence-corrected chi connectivity index (χ2v) is 10.1. The van der Waals surface area contributed by atoms with Gasteiger partial charge in [0.2, 0.25) is 0 Å². The van der Waals surface area contributed by atoms with Crippen molar-refractivity contribution in [2.24, 2.45) is 17.1 Å². The Balaban J connectivity index is 1.97. The zero-order valence-corrected chi connectivity index (χ0v) is 21.1. The second kappa shape index (κ2) is 13.7. The number of carbonyl (C=O) groups is 2. The Bertz CT molecular complexity index is 794. The average molecular weight is 499 g/mol. The van der Waals surface area contributed by atoms with Crippen molar-refractivity contribution in [1.82, 2.24) is 15.5 Å². The Kier molecular flexibility index (Phi) is 11.4. The Hall–Kier alpha value is -2.07. The topological polar surface area (TPSA) is 126 Å². The first-order valence-corrected chi connectivity index (χ1v) is 12.1. The fraction of sp³-hybridized carbons (Fsp3) is 0.667. The van der Waals surface area contributed by atoms with Crippen LogP contribution in [0.15, 0.2) is 24.3 Å². The molecule has 1 heterocycles. The number of hydrogen-bond acceptors (Lipinski definition) is 5. The van der Waals surface area contributed by atoms with Crippen LogP contribution in [-0.2, 0) is 9.47 Å². The molecule has 10 heteroatoms. The number of nitrogens with one attached hydrogen (secondary N) is 2. The van der Waals surface area contributed by atoms with Crippen molar-refractivity contribution in [3.05, 3.63) is 34.9 Å². The molecule has 1 aromatic rings. The van der Waals surface area contributed by atoms with Crippen LogP contribution in [-0.4, -0.2) is 74.7 Å². The molecule has 1 aliphatic heterocycles. The molecule has 0 radical (unpaired) electrons. The first-order chi connectivity index (χ1) is 16.1. The SMILES string of the molecule is COCC(C)(C)CC(N)CNC(=O)N1CCCC(C(OCCNC(=O)O)c2cccc(Cl)c2)C1. The van der Waals surface area contributed by atoms with Gasteiger partial charge in [0.15, 0.2) is 0 Å². The largest absolute Gasteiger partial charge is 0.465 e. The summed E-state index contributed by atoms with van der Waals surface area (Å²) in [4.78, 5) is 25.4. The fourth-order valence-corrected chi connectivity index (χ4v) is 4.73. The van der Waals surface area contributed by atoms with Crippen LogP contribution in [0.2, 0.25) is 5.02 Å². The monoisotopic (exact) mass is 498 g/mol. The van der Waals surface area contributed by atoms with E-state index in [1.54, 1.807) is 18.1 Å². The number of halogens is 1. The van der Waals surface area contributed by atoms with Crippen molar-refractivity contribution in [2.75, 3.05) is 46.5 Å². The van der Waals surface area contributed by atoms with Crippen molar-refractivity contribution in [2.45, 2.75) is 45.3 Å². The highest BCUT2D eigenvalue weighted by molar-refractivity contribution is 6.30. The number of piperidine rings is 1. The van der Waals surface area contributed by atoms with Gasteiger partial charge in [-0.1, -0.05) is 37.6 Å². The predicted octanol–water partition coefficient (Wildman–Crippen LogP) is 3.48. The van der Waals surface area contributed by atoms with E-state index in [9.17, 15) is 9.59 Å². The molecule has 1 aliphatic rings. The molecule has 1 aromatic carbocycles. The molecular formula is C24H39ClN4O5. The number of urea groups is 1. The number of benzene rings is 1. The van der Waals surface area contributed by atoms with Gasteiger partial charge < -0.3 is 35.8 Å². The summed E-state index contributed by atoms with van der Waals surface area (Å²) in [7, 11) is 1.67. The summed E-state index contributed by atoms with van der Waals surface area (Å²) in [5.41, 5.74) is 7.10. The zero-order valence-electron chi connectivity index (χ0n) is 20.4. The van der Waals surface area contributed by atoms with E-state index in [4.69, 9.17) is 31.9 Å². The summed E-state index contributed by atoms with van der Waals surface area (Å²) < 4.78 is 11.4. The third-order valence-corrected chi connectivity index (χ3v) is 6.13. The van der Waals surface area contributed by atoms with E-state index in [-0.39, 0.29) is 42.7 Å². The molecule has 1 fully saturated rings. The summed E-state index contributed by atoms with van der Waals surface area (Å²) in [5, 5.41) is 14.7. The Morgan fingerprint density at radius 1 is 1.35 bits per heavy atom. The summed E-state index contributed by atoms with van der Waals surface area (Å²) in [6.07, 6.45) is 1.07. The quantitative estimate of drug-likeness (QED) is 0.327. The molecule has 0 bridgehead atoms. The van der Waals surface area contributed by atoms with Crippen LogP contribution in [0.4, 0.5) is 9.59 Å². The zero-order chi connectivity index (χ0) is 25.1. The molecule has 3 atom stereocenters. The third-order valence-electron chi connectivity index (χ3n) is 5.89. The molecule has 34 heavy (non-hydrogen) atoms. The lowest BCUT2D eigenvalue weighted by atomic mass is 9.87. The first kappa shape index (κ1) is 28.2. The molecule has 2 rings (SSSR count). The lowest BCUT2D eigenvalue weighted by molar-refractivity contribution is -0.00836. The molecule has 3 unspecified atom stereocenters. The molecule has 5 N–H and O–H groups in total. The van der Waals surface area contributed by atoms with Gasteiger partial charge in [-0.3, -0.25) is 0 Å². The molecule has 0 aliphatic carbocycles. The van der Waals surface area contributed by atoms with E-state index in [0.29, 0.717) is 31.3 Å². The highest BCUT2D eigenvalue weighted by Crippen LogP contribution is 2.34. The number of likely N-dealkylation sites (tertiary alicyclic amines) is 1. The minimum Gasteiger partial charge on any atom is -0.465 e. The number of ether oxygens (including phenoxy) is 2. The van der Waals surface area contributed by atoms with Crippen LogP contribution < -0.4 is 16.4 Å². The Labute approximate surface area is 207 Å². The highest BCUT2D eigenvalue weighted by Gasteiger charge is 2.31. The maximum absolute atomic E-state index is 12.9. The van der Waals surface area contributed by atoms with Gasteiger partial charge in [-0.2, -0.15) is 0 Å². The number of nitrogens with zero attached hydrogens (tertiary/aromatic N) is 1. The normalized spacial score (nSPS) is 18.3. The van der Waals surface area contributed by atoms with E-state index >= 15 is 0 Å². The van der Waals surface area contributed by atoms with Gasteiger partial charge >= 0.3 is 12.1 Å². The van der Waals surface area contributed by atoms with Gasteiger partial charge in [-0.05, 0) is 42.4 Å². The maximum Gasteiger partial charge on any atom is 0.404 e. The molecule has 1 saturated heterocycles. The van der Waals surface area contributed by atoms with Gasteiger partial charge in [0.05, 0.1) is 19.3 Å². The predicted molar refractivity (Wildman–Crippen MR) is 132 cm³/mol. The van der Waals surface area contributed by atoms with E-state index in [2.05, 4.69) is 24.5 Å². The first-order valence-electron chi connectivity index (χ1n) is 11.7. The number of carbonyl (C=O) groups excluding carboxylic acids is 1. The standard InChI is InChI=1S/C24H39ClN4O5/c1-24(2,16-33-3)13-20(26)14-28-22(30)29-10-5-7-18(15-29)21(34-11-9-27-23(31)32)17-6-4-8-19(25)12-17/h4,6,8,12,18,20-21,27H,5,7,9-11,13-16,26H2,1-3H3,(H,28,30)(H,31,32). The van der Waals surface area contributed by atoms with E-state index in [1.165, 1.54) is 0 Å². The molecule has 0 aromatic heterocycles. The van der Waals surface area contributed by atoms with Crippen LogP contribution in [0.25, 0.3) is 0 Å². The molecule has 0 spiro atoms. The summed E-state index contributed by atoms with van der Waals surface area (Å²) >= 11 is 6.21. The van der Waals surface area contributed by atoms with E-state index < -0.39 is 6.09 Å². The molecule has 9 nitrogen and oxygen atoms in total. The highest BCUT2D eigenvalue weighted by atomic mass is 35.5. The van der Waals surface area contributed by atoms with Crippen LogP contribution in [0, 0.1) is 11.3 Å². The number of hydrogen-bond donors (Lipinski definition) is 4. The van der Waals surface area contributed by atoms with Crippen LogP contribution in [0.5, 0.6) is 0 Å². The fourth-order valence-electron chi connectivity index (χ4n) is 4.54. The number of methoxy groups -OCH3 is 1. The number of rotatable bonds is 12. The molecule has 3 amide bonds. The Morgan fingerprint density at radius 3 is 2.79 bits per heavy atom. The number of amides is 3. The van der Waals surface area contributed by atoms with Crippen molar-refractivity contribution < 1.29 is 24.2 Å². The maximum atomic E-state index is 12.9. The van der Waals surface area contributed by atoms with Crippen LogP contribution in [0.3, 0.4) is 0 Å². The summed E-state index contributed by atoms with van der Waals surface area (Å²) in [6, 6.07) is 7.16. The van der Waals surface area contributed by atoms with E-state index in [0.717, 1.165) is 24.8 Å². The lowest BCUT2D eigenvalue weighted by Gasteiger charge is -2.37. The van der Waals surface area contributed by atoms with Crippen LogP contribution >= 0.6 is 11.6 Å². The second-order valence-electron chi connectivity index (χ2n) is 9.67. The van der Waals surface area contributed by atoms with Crippen LogP contribution in [0.1, 0.15) is 44.8 Å². The molecule has 192 valence electrons. The third kappa shape index (κ3) is 9.66. The summed E-state index contributed by atoms with van der Waals surface area (Å²) in [5.74, 6) is 0.0529. The molecular weight excluding hydrogens is 460 g/mol. The lowest BCUT2D eigenvalue weighted by Crippen LogP contribution is -2.50. The number of nitrogens with two attached hydrogens (primary N) is 1.